The van der Waals surface area contributed by atoms with Crippen LogP contribution >= 0.6 is 0 Å². The van der Waals surface area contributed by atoms with Gasteiger partial charge in [-0.2, -0.15) is 0 Å². The van der Waals surface area contributed by atoms with Gasteiger partial charge in [0.2, 0.25) is 0 Å². The maximum absolute atomic E-state index is 12.1. The molecule has 1 fully saturated rings. The Hall–Kier alpha value is -1.56. The molecular weight excluding hydrogens is 290 g/mol. The summed E-state index contributed by atoms with van der Waals surface area (Å²) in [6.07, 6.45) is 1.42. The minimum Gasteiger partial charge on any atom is -0.484 e. The van der Waals surface area contributed by atoms with Gasteiger partial charge < -0.3 is 9.64 Å². The molecule has 0 unspecified atom stereocenters. The smallest absolute Gasteiger partial charge is 0.260 e. The zero-order valence-electron chi connectivity index (χ0n) is 12.4. The van der Waals surface area contributed by atoms with Crippen LogP contribution in [0.25, 0.3) is 0 Å². The van der Waals surface area contributed by atoms with Crippen LogP contribution in [-0.2, 0) is 21.1 Å². The Balaban J connectivity index is 1.89. The summed E-state index contributed by atoms with van der Waals surface area (Å²) in [5, 5.41) is 0. The predicted molar refractivity (Wildman–Crippen MR) is 81.1 cm³/mol. The van der Waals surface area contributed by atoms with Crippen LogP contribution in [0.1, 0.15) is 18.9 Å². The number of benzene rings is 1. The van der Waals surface area contributed by atoms with Gasteiger partial charge in [0, 0.05) is 13.1 Å². The van der Waals surface area contributed by atoms with Crippen LogP contribution in [0.3, 0.4) is 0 Å². The zero-order chi connectivity index (χ0) is 15.5. The summed E-state index contributed by atoms with van der Waals surface area (Å²) in [5.74, 6) is 0.684. The van der Waals surface area contributed by atoms with Gasteiger partial charge in [0.25, 0.3) is 5.91 Å². The molecule has 1 heterocycles. The molecule has 5 nitrogen and oxygen atoms in total. The van der Waals surface area contributed by atoms with Crippen molar-refractivity contribution in [2.75, 3.05) is 25.2 Å². The first-order valence-corrected chi connectivity index (χ1v) is 8.91. The van der Waals surface area contributed by atoms with E-state index in [1.165, 1.54) is 4.90 Å². The topological polar surface area (TPSA) is 63.7 Å². The van der Waals surface area contributed by atoms with Gasteiger partial charge >= 0.3 is 0 Å². The summed E-state index contributed by atoms with van der Waals surface area (Å²) in [6.45, 7) is 1.98. The minimum atomic E-state index is -2.98. The van der Waals surface area contributed by atoms with Crippen molar-refractivity contribution in [1.82, 2.24) is 4.90 Å². The molecule has 1 amide bonds. The average molecular weight is 311 g/mol. The molecule has 116 valence electrons. The van der Waals surface area contributed by atoms with Crippen LogP contribution in [0, 0.1) is 0 Å². The van der Waals surface area contributed by atoms with Crippen LogP contribution < -0.4 is 4.74 Å². The second kappa shape index (κ2) is 6.47. The summed E-state index contributed by atoms with van der Waals surface area (Å²) < 4.78 is 28.4. The Labute approximate surface area is 125 Å². The molecule has 1 aliphatic heterocycles. The van der Waals surface area contributed by atoms with E-state index in [-0.39, 0.29) is 30.1 Å². The number of carbonyl (C=O) groups is 1. The van der Waals surface area contributed by atoms with Crippen LogP contribution in [0.2, 0.25) is 0 Å². The first-order valence-electron chi connectivity index (χ1n) is 7.09. The third-order valence-corrected chi connectivity index (χ3v) is 5.57. The lowest BCUT2D eigenvalue weighted by Gasteiger charge is -2.23. The number of sulfone groups is 1. The molecule has 6 heteroatoms. The average Bonchev–Trinajstić information content (AvgIpc) is 2.84. The van der Waals surface area contributed by atoms with Crippen molar-refractivity contribution in [3.05, 3.63) is 29.8 Å². The van der Waals surface area contributed by atoms with Crippen molar-refractivity contribution >= 4 is 15.7 Å². The minimum absolute atomic E-state index is 0.0561. The molecule has 1 aromatic rings. The van der Waals surface area contributed by atoms with Crippen molar-refractivity contribution < 1.29 is 17.9 Å². The number of aryl methyl sites for hydroxylation is 1. The first kappa shape index (κ1) is 15.8. The highest BCUT2D eigenvalue weighted by molar-refractivity contribution is 7.91. The third-order valence-electron chi connectivity index (χ3n) is 3.82. The van der Waals surface area contributed by atoms with Gasteiger partial charge in [-0.1, -0.05) is 19.1 Å². The molecule has 0 N–H and O–H groups in total. The summed E-state index contributed by atoms with van der Waals surface area (Å²) in [4.78, 5) is 13.6. The van der Waals surface area contributed by atoms with Crippen LogP contribution in [-0.4, -0.2) is 50.4 Å². The first-order chi connectivity index (χ1) is 9.91. The molecule has 0 spiro atoms. The molecule has 0 radical (unpaired) electrons. The standard InChI is InChI=1S/C15H21NO4S/c1-3-12-5-4-6-14(9-12)20-10-15(17)16(2)13-7-8-21(18,19)11-13/h4-6,9,13H,3,7-8,10-11H2,1-2H3/t13-/m0/s1. The van der Waals surface area contributed by atoms with Gasteiger partial charge in [-0.05, 0) is 30.5 Å². The number of rotatable bonds is 5. The Bertz CT molecular complexity index is 612. The van der Waals surface area contributed by atoms with Crippen molar-refractivity contribution in [3.8, 4) is 5.75 Å². The monoisotopic (exact) mass is 311 g/mol. The van der Waals surface area contributed by atoms with Gasteiger partial charge in [0.05, 0.1) is 11.5 Å². The Kier molecular flexibility index (Phi) is 4.88. The lowest BCUT2D eigenvalue weighted by atomic mass is 10.2. The highest BCUT2D eigenvalue weighted by Crippen LogP contribution is 2.17. The molecule has 0 saturated carbocycles. The Morgan fingerprint density at radius 3 is 2.81 bits per heavy atom. The molecule has 0 bridgehead atoms. The van der Waals surface area contributed by atoms with Crippen LogP contribution in [0.15, 0.2) is 24.3 Å². The predicted octanol–water partition coefficient (Wildman–Crippen LogP) is 1.27. The molecule has 21 heavy (non-hydrogen) atoms. The van der Waals surface area contributed by atoms with Crippen LogP contribution in [0.5, 0.6) is 5.75 Å². The summed E-state index contributed by atoms with van der Waals surface area (Å²) in [6, 6.07) is 7.39. The van der Waals surface area contributed by atoms with Gasteiger partial charge in [0.15, 0.2) is 16.4 Å². The summed E-state index contributed by atoms with van der Waals surface area (Å²) in [7, 11) is -1.35. The molecule has 1 aromatic carbocycles. The van der Waals surface area contributed by atoms with Crippen molar-refractivity contribution in [2.24, 2.45) is 0 Å². The number of hydrogen-bond donors (Lipinski definition) is 0. The normalized spacial score (nSPS) is 20.2. The number of amides is 1. The largest absolute Gasteiger partial charge is 0.484 e. The maximum Gasteiger partial charge on any atom is 0.260 e. The molecule has 0 aliphatic carbocycles. The third kappa shape index (κ3) is 4.20. The van der Waals surface area contributed by atoms with Crippen molar-refractivity contribution in [2.45, 2.75) is 25.8 Å². The van der Waals surface area contributed by atoms with Gasteiger partial charge in [-0.15, -0.1) is 0 Å². The van der Waals surface area contributed by atoms with E-state index >= 15 is 0 Å². The number of hydrogen-bond acceptors (Lipinski definition) is 4. The fourth-order valence-electron chi connectivity index (χ4n) is 2.39. The van der Waals surface area contributed by atoms with Crippen molar-refractivity contribution in [3.63, 3.8) is 0 Å². The molecule has 1 saturated heterocycles. The molecule has 0 aromatic heterocycles. The van der Waals surface area contributed by atoms with E-state index in [1.54, 1.807) is 7.05 Å². The molecule has 2 rings (SSSR count). The second-order valence-corrected chi connectivity index (χ2v) is 7.58. The Morgan fingerprint density at radius 2 is 2.19 bits per heavy atom. The number of nitrogens with zero attached hydrogens (tertiary/aromatic N) is 1. The zero-order valence-corrected chi connectivity index (χ0v) is 13.2. The number of ether oxygens (including phenoxy) is 1. The van der Waals surface area contributed by atoms with Crippen LogP contribution in [0.4, 0.5) is 0 Å². The fourth-order valence-corrected chi connectivity index (χ4v) is 4.16. The highest BCUT2D eigenvalue weighted by Gasteiger charge is 2.32. The van der Waals surface area contributed by atoms with E-state index < -0.39 is 9.84 Å². The lowest BCUT2D eigenvalue weighted by molar-refractivity contribution is -0.133. The summed E-state index contributed by atoms with van der Waals surface area (Å²) >= 11 is 0. The number of carbonyl (C=O) groups excluding carboxylic acids is 1. The van der Waals surface area contributed by atoms with E-state index in [4.69, 9.17) is 4.74 Å². The maximum atomic E-state index is 12.1. The highest BCUT2D eigenvalue weighted by atomic mass is 32.2. The number of likely N-dealkylation sites (N-methyl/N-ethyl adjacent to an activating group) is 1. The second-order valence-electron chi connectivity index (χ2n) is 5.35. The van der Waals surface area contributed by atoms with E-state index in [0.29, 0.717) is 12.2 Å². The van der Waals surface area contributed by atoms with Gasteiger partial charge in [-0.25, -0.2) is 8.42 Å². The SMILES string of the molecule is CCc1cccc(OCC(=O)N(C)[C@H]2CCS(=O)(=O)C2)c1. The van der Waals surface area contributed by atoms with E-state index in [2.05, 4.69) is 6.92 Å². The molecule has 1 aliphatic rings. The van der Waals surface area contributed by atoms with Crippen molar-refractivity contribution in [1.29, 1.82) is 0 Å². The summed E-state index contributed by atoms with van der Waals surface area (Å²) in [5.41, 5.74) is 1.15. The van der Waals surface area contributed by atoms with E-state index in [9.17, 15) is 13.2 Å². The van der Waals surface area contributed by atoms with E-state index in [1.807, 2.05) is 24.3 Å². The molecular formula is C15H21NO4S. The van der Waals surface area contributed by atoms with E-state index in [0.717, 1.165) is 12.0 Å². The molecule has 1 atom stereocenters. The fraction of sp³-hybridized carbons (Fsp3) is 0.533. The van der Waals surface area contributed by atoms with Gasteiger partial charge in [0.1, 0.15) is 5.75 Å². The lowest BCUT2D eigenvalue weighted by Crippen LogP contribution is -2.40. The van der Waals surface area contributed by atoms with Gasteiger partial charge in [-0.3, -0.25) is 4.79 Å². The quantitative estimate of drug-likeness (QED) is 0.821. The Morgan fingerprint density at radius 1 is 1.43 bits per heavy atom.